The van der Waals surface area contributed by atoms with Crippen LogP contribution in [-0.2, 0) is 11.8 Å². The molecular weight excluding hydrogens is 236 g/mol. The zero-order valence-electron chi connectivity index (χ0n) is 11.1. The first-order chi connectivity index (χ1) is 8.25. The first-order valence-corrected chi connectivity index (χ1v) is 6.56. The Hall–Kier alpha value is -0.930. The molecule has 2 aliphatic carbocycles. The van der Waals surface area contributed by atoms with Gasteiger partial charge in [0.15, 0.2) is 0 Å². The molecule has 0 amide bonds. The van der Waals surface area contributed by atoms with Crippen molar-refractivity contribution >= 4 is 0 Å². The summed E-state index contributed by atoms with van der Waals surface area (Å²) in [6.45, 7) is 6.20. The fourth-order valence-electron chi connectivity index (χ4n) is 4.43. The zero-order valence-corrected chi connectivity index (χ0v) is 11.1. The molecule has 3 rings (SSSR count). The number of aromatic nitrogens is 1. The van der Waals surface area contributed by atoms with Crippen LogP contribution in [0.1, 0.15) is 51.4 Å². The van der Waals surface area contributed by atoms with Crippen molar-refractivity contribution in [1.82, 2.24) is 5.16 Å². The molecule has 4 heteroatoms. The molecule has 0 saturated heterocycles. The molecular formula is C14H19F2NO. The van der Waals surface area contributed by atoms with E-state index in [1.54, 1.807) is 6.20 Å². The van der Waals surface area contributed by atoms with Gasteiger partial charge in [-0.3, -0.25) is 0 Å². The summed E-state index contributed by atoms with van der Waals surface area (Å²) >= 11 is 0. The molecule has 0 aromatic carbocycles. The fourth-order valence-corrected chi connectivity index (χ4v) is 4.43. The van der Waals surface area contributed by atoms with Crippen LogP contribution in [0.2, 0.25) is 0 Å². The SMILES string of the molecule is CC1(C)c2oncc2C[C@]2(C)CC(F)(F)CC[C@@H]12. The normalized spacial score (nSPS) is 36.8. The van der Waals surface area contributed by atoms with Crippen molar-refractivity contribution in [1.29, 1.82) is 0 Å². The summed E-state index contributed by atoms with van der Waals surface area (Å²) in [6, 6.07) is 0. The molecule has 18 heavy (non-hydrogen) atoms. The minimum atomic E-state index is -2.52. The van der Waals surface area contributed by atoms with Gasteiger partial charge in [0, 0.05) is 23.8 Å². The Morgan fingerprint density at radius 1 is 1.33 bits per heavy atom. The van der Waals surface area contributed by atoms with Gasteiger partial charge in [-0.05, 0) is 24.2 Å². The molecule has 1 heterocycles. The summed E-state index contributed by atoms with van der Waals surface area (Å²) in [5, 5.41) is 3.86. The Labute approximate surface area is 106 Å². The van der Waals surface area contributed by atoms with Crippen molar-refractivity contribution in [2.75, 3.05) is 0 Å². The number of nitrogens with zero attached hydrogens (tertiary/aromatic N) is 1. The quantitative estimate of drug-likeness (QED) is 0.701. The van der Waals surface area contributed by atoms with Gasteiger partial charge in [-0.2, -0.15) is 0 Å². The molecule has 2 aliphatic rings. The van der Waals surface area contributed by atoms with Crippen LogP contribution in [0.15, 0.2) is 10.7 Å². The largest absolute Gasteiger partial charge is 0.361 e. The lowest BCUT2D eigenvalue weighted by Gasteiger charge is -2.53. The highest BCUT2D eigenvalue weighted by Gasteiger charge is 2.57. The number of fused-ring (bicyclic) bond motifs is 2. The van der Waals surface area contributed by atoms with E-state index in [2.05, 4.69) is 19.0 Å². The molecule has 2 nitrogen and oxygen atoms in total. The molecule has 1 fully saturated rings. The predicted octanol–water partition coefficient (Wildman–Crippen LogP) is 3.95. The van der Waals surface area contributed by atoms with Crippen LogP contribution in [0.25, 0.3) is 0 Å². The molecule has 0 bridgehead atoms. The first kappa shape index (κ1) is 12.1. The summed E-state index contributed by atoms with van der Waals surface area (Å²) in [5.41, 5.74) is 0.468. The Morgan fingerprint density at radius 2 is 2.06 bits per heavy atom. The van der Waals surface area contributed by atoms with E-state index in [0.29, 0.717) is 12.8 Å². The standard InChI is InChI=1S/C14H19F2NO/c1-12(2)10-4-5-14(15,16)8-13(10,3)6-9-7-17-18-11(9)12/h7,10H,4-6,8H2,1-3H3/t10-,13+/m0/s1. The maximum absolute atomic E-state index is 13.7. The van der Waals surface area contributed by atoms with Gasteiger partial charge in [-0.25, -0.2) is 8.78 Å². The van der Waals surface area contributed by atoms with Gasteiger partial charge in [0.25, 0.3) is 0 Å². The molecule has 0 radical (unpaired) electrons. The second-order valence-corrected chi connectivity index (χ2v) is 6.86. The Balaban J connectivity index is 2.08. The number of hydrogen-bond donors (Lipinski definition) is 0. The van der Waals surface area contributed by atoms with Crippen LogP contribution in [-0.4, -0.2) is 11.1 Å². The third kappa shape index (κ3) is 1.54. The van der Waals surface area contributed by atoms with E-state index >= 15 is 0 Å². The second-order valence-electron chi connectivity index (χ2n) is 6.86. The van der Waals surface area contributed by atoms with Crippen LogP contribution < -0.4 is 0 Å². The Kier molecular flexibility index (Phi) is 2.25. The van der Waals surface area contributed by atoms with E-state index < -0.39 is 5.92 Å². The van der Waals surface area contributed by atoms with Gasteiger partial charge < -0.3 is 4.52 Å². The Morgan fingerprint density at radius 3 is 2.78 bits per heavy atom. The Bertz CT molecular complexity index is 480. The third-order valence-corrected chi connectivity index (χ3v) is 5.00. The summed E-state index contributed by atoms with van der Waals surface area (Å²) < 4.78 is 32.9. The van der Waals surface area contributed by atoms with Crippen molar-refractivity contribution in [3.63, 3.8) is 0 Å². The lowest BCUT2D eigenvalue weighted by Crippen LogP contribution is -2.52. The second kappa shape index (κ2) is 3.34. The van der Waals surface area contributed by atoms with E-state index in [9.17, 15) is 8.78 Å². The lowest BCUT2D eigenvalue weighted by molar-refractivity contribution is -0.121. The monoisotopic (exact) mass is 255 g/mol. The molecule has 2 atom stereocenters. The van der Waals surface area contributed by atoms with E-state index in [1.165, 1.54) is 0 Å². The molecule has 0 aliphatic heterocycles. The minimum Gasteiger partial charge on any atom is -0.361 e. The fraction of sp³-hybridized carbons (Fsp3) is 0.786. The van der Waals surface area contributed by atoms with Crippen LogP contribution >= 0.6 is 0 Å². The molecule has 1 aromatic heterocycles. The third-order valence-electron chi connectivity index (χ3n) is 5.00. The van der Waals surface area contributed by atoms with E-state index in [-0.39, 0.29) is 29.6 Å². The van der Waals surface area contributed by atoms with Crippen LogP contribution in [0, 0.1) is 11.3 Å². The van der Waals surface area contributed by atoms with Crippen LogP contribution in [0.4, 0.5) is 8.78 Å². The zero-order chi connectivity index (χ0) is 13.2. The minimum absolute atomic E-state index is 0.000156. The number of hydrogen-bond acceptors (Lipinski definition) is 2. The topological polar surface area (TPSA) is 26.0 Å². The van der Waals surface area contributed by atoms with E-state index in [0.717, 1.165) is 11.3 Å². The number of rotatable bonds is 0. The molecule has 1 aromatic rings. The maximum atomic E-state index is 13.7. The first-order valence-electron chi connectivity index (χ1n) is 6.56. The lowest BCUT2D eigenvalue weighted by atomic mass is 9.51. The van der Waals surface area contributed by atoms with E-state index in [4.69, 9.17) is 4.52 Å². The van der Waals surface area contributed by atoms with Gasteiger partial charge >= 0.3 is 0 Å². The highest BCUT2D eigenvalue weighted by molar-refractivity contribution is 5.30. The van der Waals surface area contributed by atoms with Gasteiger partial charge in [0.1, 0.15) is 5.76 Å². The highest BCUT2D eigenvalue weighted by Crippen LogP contribution is 2.59. The van der Waals surface area contributed by atoms with Crippen LogP contribution in [0.5, 0.6) is 0 Å². The average molecular weight is 255 g/mol. The summed E-state index contributed by atoms with van der Waals surface area (Å²) in [4.78, 5) is 0. The molecule has 0 spiro atoms. The van der Waals surface area contributed by atoms with Gasteiger partial charge in [0.2, 0.25) is 5.92 Å². The van der Waals surface area contributed by atoms with Crippen LogP contribution in [0.3, 0.4) is 0 Å². The summed E-state index contributed by atoms with van der Waals surface area (Å²) in [6.07, 6.45) is 2.91. The van der Waals surface area contributed by atoms with Gasteiger partial charge in [0.05, 0.1) is 6.20 Å². The number of alkyl halides is 2. The van der Waals surface area contributed by atoms with Gasteiger partial charge in [-0.15, -0.1) is 0 Å². The van der Waals surface area contributed by atoms with Crippen molar-refractivity contribution in [3.05, 3.63) is 17.5 Å². The van der Waals surface area contributed by atoms with E-state index in [1.807, 2.05) is 6.92 Å². The summed E-state index contributed by atoms with van der Waals surface area (Å²) in [7, 11) is 0. The smallest absolute Gasteiger partial charge is 0.248 e. The number of halogens is 2. The molecule has 0 unspecified atom stereocenters. The predicted molar refractivity (Wildman–Crippen MR) is 63.6 cm³/mol. The van der Waals surface area contributed by atoms with Gasteiger partial charge in [-0.1, -0.05) is 25.9 Å². The summed E-state index contributed by atoms with van der Waals surface area (Å²) in [5.74, 6) is -1.38. The van der Waals surface area contributed by atoms with Crippen molar-refractivity contribution in [3.8, 4) is 0 Å². The van der Waals surface area contributed by atoms with Crippen molar-refractivity contribution < 1.29 is 13.3 Å². The average Bonchev–Trinajstić information content (AvgIpc) is 2.62. The molecule has 0 N–H and O–H groups in total. The van der Waals surface area contributed by atoms with Crippen molar-refractivity contribution in [2.45, 2.75) is 57.8 Å². The molecule has 1 saturated carbocycles. The molecule has 100 valence electrons. The highest BCUT2D eigenvalue weighted by atomic mass is 19.3. The van der Waals surface area contributed by atoms with Crippen molar-refractivity contribution in [2.24, 2.45) is 11.3 Å². The maximum Gasteiger partial charge on any atom is 0.248 e.